The molecule has 2 aromatic carbocycles. The molecule has 1 heterocycles. The molecule has 1 N–H and O–H groups in total. The van der Waals surface area contributed by atoms with Crippen LogP contribution < -0.4 is 5.43 Å². The third-order valence-corrected chi connectivity index (χ3v) is 4.85. The van der Waals surface area contributed by atoms with Crippen LogP contribution in [0.4, 0.5) is 4.39 Å². The predicted octanol–water partition coefficient (Wildman–Crippen LogP) is 5.30. The summed E-state index contributed by atoms with van der Waals surface area (Å²) >= 11 is 11.8. The topological polar surface area (TPSA) is 46.4 Å². The molecule has 138 valence electrons. The summed E-state index contributed by atoms with van der Waals surface area (Å²) in [5, 5.41) is 4.70. The molecule has 1 aromatic heterocycles. The average molecular weight is 404 g/mol. The molecule has 0 aliphatic rings. The van der Waals surface area contributed by atoms with Crippen LogP contribution in [0.25, 0.3) is 5.69 Å². The number of aromatic nitrogens is 1. The Kier molecular flexibility index (Phi) is 5.63. The number of halogens is 3. The van der Waals surface area contributed by atoms with Crippen molar-refractivity contribution in [3.63, 3.8) is 0 Å². The van der Waals surface area contributed by atoms with E-state index in [0.29, 0.717) is 15.6 Å². The van der Waals surface area contributed by atoms with E-state index in [1.165, 1.54) is 18.2 Å². The molecule has 0 unspecified atom stereocenters. The lowest BCUT2D eigenvalue weighted by Crippen LogP contribution is -2.17. The maximum atomic E-state index is 13.2. The lowest BCUT2D eigenvalue weighted by Gasteiger charge is -2.09. The van der Waals surface area contributed by atoms with Gasteiger partial charge in [0, 0.05) is 28.2 Å². The summed E-state index contributed by atoms with van der Waals surface area (Å²) in [5.41, 5.74) is 6.41. The van der Waals surface area contributed by atoms with Crippen molar-refractivity contribution in [1.29, 1.82) is 0 Å². The van der Waals surface area contributed by atoms with E-state index in [1.807, 2.05) is 24.5 Å². The highest BCUT2D eigenvalue weighted by atomic mass is 35.5. The minimum absolute atomic E-state index is 0.284. The van der Waals surface area contributed by atoms with Gasteiger partial charge < -0.3 is 4.57 Å². The number of nitrogens with one attached hydrogen (secondary N) is 1. The van der Waals surface area contributed by atoms with Crippen molar-refractivity contribution < 1.29 is 9.18 Å². The number of rotatable bonds is 4. The van der Waals surface area contributed by atoms with Crippen LogP contribution in [0.15, 0.2) is 53.6 Å². The molecule has 27 heavy (non-hydrogen) atoms. The number of nitrogens with zero attached hydrogens (tertiary/aromatic N) is 2. The van der Waals surface area contributed by atoms with E-state index in [1.54, 1.807) is 30.5 Å². The van der Waals surface area contributed by atoms with Gasteiger partial charge in [0.1, 0.15) is 5.82 Å². The van der Waals surface area contributed by atoms with Gasteiger partial charge in [-0.25, -0.2) is 9.82 Å². The number of hydrazone groups is 1. The third kappa shape index (κ3) is 4.21. The van der Waals surface area contributed by atoms with Gasteiger partial charge in [-0.05, 0) is 62.4 Å². The van der Waals surface area contributed by atoms with Gasteiger partial charge in [-0.1, -0.05) is 23.2 Å². The fourth-order valence-electron chi connectivity index (χ4n) is 2.77. The second-order valence-electron chi connectivity index (χ2n) is 5.97. The first kappa shape index (κ1) is 19.1. The van der Waals surface area contributed by atoms with Crippen molar-refractivity contribution in [1.82, 2.24) is 9.99 Å². The second-order valence-corrected chi connectivity index (χ2v) is 6.78. The number of carbonyl (C=O) groups is 1. The minimum Gasteiger partial charge on any atom is -0.318 e. The van der Waals surface area contributed by atoms with E-state index >= 15 is 0 Å². The first-order chi connectivity index (χ1) is 12.9. The summed E-state index contributed by atoms with van der Waals surface area (Å²) in [6.45, 7) is 3.88. The molecule has 3 aromatic rings. The monoisotopic (exact) mass is 403 g/mol. The van der Waals surface area contributed by atoms with Crippen molar-refractivity contribution >= 4 is 35.3 Å². The maximum absolute atomic E-state index is 13.2. The smallest absolute Gasteiger partial charge is 0.271 e. The quantitative estimate of drug-likeness (QED) is 0.465. The molecule has 0 saturated heterocycles. The van der Waals surface area contributed by atoms with E-state index in [4.69, 9.17) is 23.2 Å². The van der Waals surface area contributed by atoms with Crippen LogP contribution in [0, 0.1) is 19.7 Å². The number of hydrogen-bond donors (Lipinski definition) is 1. The molecule has 0 bridgehead atoms. The van der Waals surface area contributed by atoms with Gasteiger partial charge in [0.25, 0.3) is 5.91 Å². The molecule has 7 heteroatoms. The zero-order valence-corrected chi connectivity index (χ0v) is 16.1. The van der Waals surface area contributed by atoms with Crippen LogP contribution in [-0.4, -0.2) is 16.7 Å². The summed E-state index contributed by atoms with van der Waals surface area (Å²) in [7, 11) is 0. The second kappa shape index (κ2) is 7.94. The largest absolute Gasteiger partial charge is 0.318 e. The Labute approximate surface area is 166 Å². The normalized spacial score (nSPS) is 11.1. The highest BCUT2D eigenvalue weighted by Gasteiger charge is 2.10. The lowest BCUT2D eigenvalue weighted by molar-refractivity contribution is 0.0955. The van der Waals surface area contributed by atoms with E-state index in [9.17, 15) is 9.18 Å². The average Bonchev–Trinajstić information content (AvgIpc) is 2.92. The molecular formula is C20H16Cl2FN3O. The van der Waals surface area contributed by atoms with Gasteiger partial charge in [0.05, 0.1) is 16.3 Å². The third-order valence-electron chi connectivity index (χ3n) is 4.11. The summed E-state index contributed by atoms with van der Waals surface area (Å²) < 4.78 is 15.1. The van der Waals surface area contributed by atoms with Crippen LogP contribution in [-0.2, 0) is 0 Å². The summed E-state index contributed by atoms with van der Waals surface area (Å²) in [6, 6.07) is 12.8. The van der Waals surface area contributed by atoms with Gasteiger partial charge in [0.2, 0.25) is 0 Å². The fourth-order valence-corrected chi connectivity index (χ4v) is 3.07. The van der Waals surface area contributed by atoms with Gasteiger partial charge in [-0.2, -0.15) is 5.10 Å². The number of amides is 1. The van der Waals surface area contributed by atoms with Crippen molar-refractivity contribution in [2.24, 2.45) is 5.10 Å². The molecule has 0 radical (unpaired) electrons. The van der Waals surface area contributed by atoms with Gasteiger partial charge in [-0.3, -0.25) is 4.79 Å². The molecule has 0 spiro atoms. The first-order valence-electron chi connectivity index (χ1n) is 8.10. The number of hydrogen-bond acceptors (Lipinski definition) is 2. The highest BCUT2D eigenvalue weighted by molar-refractivity contribution is 6.42. The standard InChI is InChI=1S/C20H16Cl2FN3O/c1-12-9-15(13(2)26(12)17-6-4-16(23)5-7-17)11-24-25-20(27)14-3-8-18(21)19(22)10-14/h3-11H,1-2H3,(H,25,27)/b24-11-. The molecule has 0 atom stereocenters. The zero-order chi connectivity index (χ0) is 19.6. The molecule has 3 rings (SSSR count). The van der Waals surface area contributed by atoms with E-state index in [2.05, 4.69) is 10.5 Å². The Morgan fingerprint density at radius 2 is 1.78 bits per heavy atom. The molecule has 0 fully saturated rings. The summed E-state index contributed by atoms with van der Waals surface area (Å²) in [6.07, 6.45) is 1.57. The van der Waals surface area contributed by atoms with Crippen molar-refractivity contribution in [3.05, 3.63) is 86.9 Å². The molecular weight excluding hydrogens is 388 g/mol. The summed E-state index contributed by atoms with van der Waals surface area (Å²) in [5.74, 6) is -0.676. The van der Waals surface area contributed by atoms with Gasteiger partial charge in [-0.15, -0.1) is 0 Å². The molecule has 0 saturated carbocycles. The zero-order valence-electron chi connectivity index (χ0n) is 14.6. The van der Waals surface area contributed by atoms with Crippen LogP contribution in [0.5, 0.6) is 0 Å². The maximum Gasteiger partial charge on any atom is 0.271 e. The Bertz CT molecular complexity index is 1030. The van der Waals surface area contributed by atoms with Crippen molar-refractivity contribution in [3.8, 4) is 5.69 Å². The molecule has 0 aliphatic heterocycles. The summed E-state index contributed by atoms with van der Waals surface area (Å²) in [4.78, 5) is 12.1. The van der Waals surface area contributed by atoms with Gasteiger partial charge in [0.15, 0.2) is 0 Å². The van der Waals surface area contributed by atoms with Crippen LogP contribution in [0.3, 0.4) is 0 Å². The number of aryl methyl sites for hydroxylation is 1. The Morgan fingerprint density at radius 1 is 1.07 bits per heavy atom. The van der Waals surface area contributed by atoms with Crippen LogP contribution in [0.2, 0.25) is 10.0 Å². The first-order valence-corrected chi connectivity index (χ1v) is 8.86. The predicted molar refractivity (Wildman–Crippen MR) is 107 cm³/mol. The van der Waals surface area contributed by atoms with E-state index in [0.717, 1.165) is 22.6 Å². The molecule has 4 nitrogen and oxygen atoms in total. The molecule has 1 amide bonds. The number of benzene rings is 2. The highest BCUT2D eigenvalue weighted by Crippen LogP contribution is 2.23. The lowest BCUT2D eigenvalue weighted by atomic mass is 10.2. The van der Waals surface area contributed by atoms with E-state index < -0.39 is 5.91 Å². The minimum atomic E-state index is -0.392. The fraction of sp³-hybridized carbons (Fsp3) is 0.100. The van der Waals surface area contributed by atoms with Crippen LogP contribution >= 0.6 is 23.2 Å². The number of carbonyl (C=O) groups excluding carboxylic acids is 1. The van der Waals surface area contributed by atoms with E-state index in [-0.39, 0.29) is 5.82 Å². The Morgan fingerprint density at radius 3 is 2.44 bits per heavy atom. The van der Waals surface area contributed by atoms with Crippen molar-refractivity contribution in [2.75, 3.05) is 0 Å². The van der Waals surface area contributed by atoms with Crippen molar-refractivity contribution in [2.45, 2.75) is 13.8 Å². The van der Waals surface area contributed by atoms with Gasteiger partial charge >= 0.3 is 0 Å². The Balaban J connectivity index is 1.77. The Hall–Kier alpha value is -2.63. The SMILES string of the molecule is Cc1cc(/C=N\NC(=O)c2ccc(Cl)c(Cl)c2)c(C)n1-c1ccc(F)cc1. The van der Waals surface area contributed by atoms with Crippen LogP contribution in [0.1, 0.15) is 27.3 Å². The molecule has 0 aliphatic carbocycles.